The Bertz CT molecular complexity index is 824. The highest BCUT2D eigenvalue weighted by atomic mass is 32.2. The highest BCUT2D eigenvalue weighted by Gasteiger charge is 2.26. The predicted octanol–water partition coefficient (Wildman–Crippen LogP) is 3.25. The van der Waals surface area contributed by atoms with E-state index in [9.17, 15) is 18.0 Å². The van der Waals surface area contributed by atoms with E-state index in [1.54, 1.807) is 6.92 Å². The fraction of sp³-hybridized carbons (Fsp3) is 0.636. The van der Waals surface area contributed by atoms with Crippen LogP contribution < -0.4 is 5.32 Å². The second kappa shape index (κ2) is 10.4. The van der Waals surface area contributed by atoms with Gasteiger partial charge in [-0.15, -0.1) is 0 Å². The molecule has 166 valence electrons. The SMILES string of the molecule is C[C@@H](OC(=O)c1ccc(S(=O)(=O)N2CCCCCC2)cc1)C(=O)NC1CCCCC1. The van der Waals surface area contributed by atoms with Crippen molar-refractivity contribution in [3.05, 3.63) is 29.8 Å². The minimum Gasteiger partial charge on any atom is -0.449 e. The van der Waals surface area contributed by atoms with Crippen LogP contribution in [0.15, 0.2) is 29.2 Å². The number of benzene rings is 1. The van der Waals surface area contributed by atoms with Gasteiger partial charge in [-0.2, -0.15) is 4.31 Å². The molecule has 0 spiro atoms. The van der Waals surface area contributed by atoms with Gasteiger partial charge in [0.2, 0.25) is 10.0 Å². The molecule has 1 aliphatic carbocycles. The van der Waals surface area contributed by atoms with Gasteiger partial charge >= 0.3 is 5.97 Å². The topological polar surface area (TPSA) is 92.8 Å². The number of hydrogen-bond acceptors (Lipinski definition) is 5. The molecule has 30 heavy (non-hydrogen) atoms. The largest absolute Gasteiger partial charge is 0.449 e. The maximum absolute atomic E-state index is 12.8. The summed E-state index contributed by atoms with van der Waals surface area (Å²) in [6.45, 7) is 2.60. The molecular weight excluding hydrogens is 404 g/mol. The van der Waals surface area contributed by atoms with Crippen molar-refractivity contribution in [1.82, 2.24) is 9.62 Å². The zero-order valence-electron chi connectivity index (χ0n) is 17.6. The molecule has 1 heterocycles. The molecule has 1 saturated heterocycles. The highest BCUT2D eigenvalue weighted by molar-refractivity contribution is 7.89. The van der Waals surface area contributed by atoms with Gasteiger partial charge in [-0.3, -0.25) is 4.79 Å². The number of esters is 1. The van der Waals surface area contributed by atoms with E-state index in [0.717, 1.165) is 51.4 Å². The number of nitrogens with zero attached hydrogens (tertiary/aromatic N) is 1. The molecule has 1 N–H and O–H groups in total. The summed E-state index contributed by atoms with van der Waals surface area (Å²) in [6, 6.07) is 5.90. The predicted molar refractivity (Wildman–Crippen MR) is 114 cm³/mol. The molecular formula is C22H32N2O5S. The van der Waals surface area contributed by atoms with E-state index in [1.807, 2.05) is 0 Å². The first-order valence-electron chi connectivity index (χ1n) is 11.0. The molecule has 0 bridgehead atoms. The molecule has 2 fully saturated rings. The maximum atomic E-state index is 12.8. The highest BCUT2D eigenvalue weighted by Crippen LogP contribution is 2.21. The molecule has 2 aliphatic rings. The normalized spacial score (nSPS) is 20.2. The van der Waals surface area contributed by atoms with Crippen LogP contribution in [0.2, 0.25) is 0 Å². The molecule has 1 atom stereocenters. The number of ether oxygens (including phenoxy) is 1. The zero-order chi connectivity index (χ0) is 21.6. The molecule has 1 saturated carbocycles. The van der Waals surface area contributed by atoms with Gasteiger partial charge in [0.1, 0.15) is 0 Å². The third-order valence-electron chi connectivity index (χ3n) is 5.90. The third kappa shape index (κ3) is 5.82. The third-order valence-corrected chi connectivity index (χ3v) is 7.81. The Balaban J connectivity index is 1.58. The van der Waals surface area contributed by atoms with E-state index in [-0.39, 0.29) is 22.4 Å². The summed E-state index contributed by atoms with van der Waals surface area (Å²) in [6.07, 6.45) is 8.23. The lowest BCUT2D eigenvalue weighted by atomic mass is 9.95. The smallest absolute Gasteiger partial charge is 0.338 e. The summed E-state index contributed by atoms with van der Waals surface area (Å²) >= 11 is 0. The monoisotopic (exact) mass is 436 g/mol. The average Bonchev–Trinajstić information content (AvgIpc) is 3.04. The van der Waals surface area contributed by atoms with Crippen molar-refractivity contribution in [2.75, 3.05) is 13.1 Å². The van der Waals surface area contributed by atoms with Gasteiger partial charge in [0.25, 0.3) is 5.91 Å². The molecule has 8 heteroatoms. The minimum atomic E-state index is -3.56. The molecule has 0 radical (unpaired) electrons. The number of carbonyl (C=O) groups excluding carboxylic acids is 2. The van der Waals surface area contributed by atoms with Crippen molar-refractivity contribution in [2.24, 2.45) is 0 Å². The van der Waals surface area contributed by atoms with Gasteiger partial charge in [-0.05, 0) is 56.9 Å². The number of rotatable bonds is 6. The van der Waals surface area contributed by atoms with Gasteiger partial charge in [0.15, 0.2) is 6.10 Å². The van der Waals surface area contributed by atoms with Crippen molar-refractivity contribution in [3.8, 4) is 0 Å². The number of nitrogens with one attached hydrogen (secondary N) is 1. The molecule has 1 amide bonds. The Morgan fingerprint density at radius 1 is 0.967 bits per heavy atom. The second-order valence-corrected chi connectivity index (χ2v) is 10.2. The number of amides is 1. The summed E-state index contributed by atoms with van der Waals surface area (Å²) < 4.78 is 32.5. The second-order valence-electron chi connectivity index (χ2n) is 8.23. The van der Waals surface area contributed by atoms with Crippen LogP contribution in [0.3, 0.4) is 0 Å². The summed E-state index contributed by atoms with van der Waals surface area (Å²) in [5.41, 5.74) is 0.224. The first kappa shape index (κ1) is 22.7. The van der Waals surface area contributed by atoms with E-state index in [1.165, 1.54) is 35.0 Å². The molecule has 1 aromatic rings. The van der Waals surface area contributed by atoms with Crippen LogP contribution in [0, 0.1) is 0 Å². The lowest BCUT2D eigenvalue weighted by Crippen LogP contribution is -2.42. The van der Waals surface area contributed by atoms with E-state index in [0.29, 0.717) is 13.1 Å². The zero-order valence-corrected chi connectivity index (χ0v) is 18.5. The Hall–Kier alpha value is -1.93. The molecule has 1 aliphatic heterocycles. The molecule has 0 aromatic heterocycles. The molecule has 0 unspecified atom stereocenters. The van der Waals surface area contributed by atoms with Gasteiger partial charge in [0, 0.05) is 19.1 Å². The Labute approximate surface area is 179 Å². The Morgan fingerprint density at radius 2 is 1.53 bits per heavy atom. The van der Waals surface area contributed by atoms with Crippen LogP contribution in [0.4, 0.5) is 0 Å². The molecule has 7 nitrogen and oxygen atoms in total. The fourth-order valence-corrected chi connectivity index (χ4v) is 5.56. The van der Waals surface area contributed by atoms with Crippen LogP contribution >= 0.6 is 0 Å². The Morgan fingerprint density at radius 3 is 2.13 bits per heavy atom. The van der Waals surface area contributed by atoms with Gasteiger partial charge in [-0.1, -0.05) is 32.1 Å². The summed E-state index contributed by atoms with van der Waals surface area (Å²) in [4.78, 5) is 24.9. The van der Waals surface area contributed by atoms with E-state index in [2.05, 4.69) is 5.32 Å². The van der Waals surface area contributed by atoms with Crippen LogP contribution in [0.25, 0.3) is 0 Å². The average molecular weight is 437 g/mol. The summed E-state index contributed by atoms with van der Waals surface area (Å²) in [5.74, 6) is -0.935. The van der Waals surface area contributed by atoms with E-state index >= 15 is 0 Å². The molecule has 1 aromatic carbocycles. The van der Waals surface area contributed by atoms with Gasteiger partial charge in [-0.25, -0.2) is 13.2 Å². The first-order valence-corrected chi connectivity index (χ1v) is 12.4. The lowest BCUT2D eigenvalue weighted by molar-refractivity contribution is -0.130. The van der Waals surface area contributed by atoms with Crippen LogP contribution in [0.1, 0.15) is 75.1 Å². The number of sulfonamides is 1. The maximum Gasteiger partial charge on any atom is 0.338 e. The van der Waals surface area contributed by atoms with Gasteiger partial charge < -0.3 is 10.1 Å². The fourth-order valence-electron chi connectivity index (χ4n) is 4.04. The van der Waals surface area contributed by atoms with Crippen LogP contribution in [0.5, 0.6) is 0 Å². The number of hydrogen-bond donors (Lipinski definition) is 1. The van der Waals surface area contributed by atoms with E-state index < -0.39 is 22.1 Å². The lowest BCUT2D eigenvalue weighted by Gasteiger charge is -2.24. The molecule has 3 rings (SSSR count). The minimum absolute atomic E-state index is 0.149. The summed E-state index contributed by atoms with van der Waals surface area (Å²) in [7, 11) is -3.56. The summed E-state index contributed by atoms with van der Waals surface area (Å²) in [5, 5.41) is 2.94. The van der Waals surface area contributed by atoms with Crippen molar-refractivity contribution >= 4 is 21.9 Å². The van der Waals surface area contributed by atoms with Crippen LogP contribution in [-0.2, 0) is 19.6 Å². The van der Waals surface area contributed by atoms with Gasteiger partial charge in [0.05, 0.1) is 10.5 Å². The van der Waals surface area contributed by atoms with Crippen molar-refractivity contribution in [2.45, 2.75) is 81.8 Å². The van der Waals surface area contributed by atoms with E-state index in [4.69, 9.17) is 4.74 Å². The first-order chi connectivity index (χ1) is 14.4. The van der Waals surface area contributed by atoms with Crippen molar-refractivity contribution in [3.63, 3.8) is 0 Å². The van der Waals surface area contributed by atoms with Crippen LogP contribution in [-0.4, -0.2) is 49.8 Å². The quantitative estimate of drug-likeness (QED) is 0.691. The van der Waals surface area contributed by atoms with Crippen molar-refractivity contribution in [1.29, 1.82) is 0 Å². The standard InChI is InChI=1S/C22H32N2O5S/c1-17(21(25)23-19-9-5-4-6-10-19)29-22(26)18-11-13-20(14-12-18)30(27,28)24-15-7-2-3-8-16-24/h11-14,17,19H,2-10,15-16H2,1H3,(H,23,25)/t17-/m1/s1. The Kier molecular flexibility index (Phi) is 7.88. The number of carbonyl (C=O) groups is 2. The van der Waals surface area contributed by atoms with Crippen molar-refractivity contribution < 1.29 is 22.7 Å².